The van der Waals surface area contributed by atoms with Gasteiger partial charge in [0.05, 0.1) is 56.2 Å². The van der Waals surface area contributed by atoms with Gasteiger partial charge in [-0.15, -0.1) is 30.2 Å². The lowest BCUT2D eigenvalue weighted by atomic mass is 9.33. The molecule has 19 rings (SSSR count). The van der Waals surface area contributed by atoms with Crippen LogP contribution in [0.25, 0.3) is 0 Å². The normalized spacial score (nSPS) is 42.4. The topological polar surface area (TPSA) is 367 Å². The van der Waals surface area contributed by atoms with E-state index in [1.54, 1.807) is 18.6 Å². The van der Waals surface area contributed by atoms with Gasteiger partial charge in [0.2, 0.25) is 0 Å². The van der Waals surface area contributed by atoms with Gasteiger partial charge < -0.3 is 42.6 Å². The van der Waals surface area contributed by atoms with Crippen molar-refractivity contribution in [2.45, 2.75) is 377 Å². The van der Waals surface area contributed by atoms with Crippen LogP contribution in [0.2, 0.25) is 0 Å². The van der Waals surface area contributed by atoms with E-state index in [1.165, 1.54) is 52.1 Å². The number of aromatic nitrogens is 12. The van der Waals surface area contributed by atoms with Gasteiger partial charge in [-0.25, -0.2) is 14.0 Å². The smallest absolute Gasteiger partial charge is 0.328 e. The van der Waals surface area contributed by atoms with Crippen LogP contribution in [0.1, 0.15) is 336 Å². The Labute approximate surface area is 831 Å². The highest BCUT2D eigenvalue weighted by Gasteiger charge is 2.76. The Balaban J connectivity index is 0.507. The van der Waals surface area contributed by atoms with Crippen molar-refractivity contribution in [3.05, 3.63) is 70.6 Å². The van der Waals surface area contributed by atoms with E-state index in [9.17, 15) is 28.8 Å². The molecule has 12 unspecified atom stereocenters. The summed E-state index contributed by atoms with van der Waals surface area (Å²) in [7, 11) is 4.43. The molecule has 12 saturated carbocycles. The van der Waals surface area contributed by atoms with Gasteiger partial charge in [-0.1, -0.05) is 157 Å². The highest BCUT2D eigenvalue weighted by atomic mass is 16.6. The first kappa shape index (κ1) is 101. The molecule has 0 bridgehead atoms. The van der Waals surface area contributed by atoms with Crippen molar-refractivity contribution in [2.24, 2.45) is 151 Å². The van der Waals surface area contributed by atoms with Crippen LogP contribution in [-0.2, 0) is 111 Å². The summed E-state index contributed by atoms with van der Waals surface area (Å²) in [5.41, 5.74) is -1.44. The number of hydrogen-bond donors (Lipinski definition) is 0. The van der Waals surface area contributed by atoms with Crippen molar-refractivity contribution in [3.8, 4) is 18.0 Å². The molecule has 12 fully saturated rings. The molecule has 27 atom stereocenters. The van der Waals surface area contributed by atoms with Gasteiger partial charge in [0, 0.05) is 34.0 Å². The number of fused-ring (bicyclic) bond motifs is 21. The monoisotopic (exact) mass is 1950 g/mol. The summed E-state index contributed by atoms with van der Waals surface area (Å²) in [6.07, 6.45) is 31.7. The van der Waals surface area contributed by atoms with E-state index >= 15 is 14.4 Å². The number of allylic oxidation sites excluding steroid dienone is 6. The van der Waals surface area contributed by atoms with Crippen LogP contribution in [0.5, 0.6) is 18.0 Å². The van der Waals surface area contributed by atoms with Crippen LogP contribution in [0.15, 0.2) is 53.5 Å². The SMILES string of the molecule is COC(=O)[C@@]1(C)CC[C@]2(C)CC[C@]3(C)C(=CC(=O)C4[C@@]5(C)CCC(OC(=O)Cn6cc(COc7nc(OCc8cn(CC(=O)OC9CC[C@@]%10(C)C(CC[C@]%11(C)C%10C(=O)C=C%10C%12C[C@@](C)(C(=O)OC)CC[C@]%12(C)CC[C@]%10%11C)C9(C)C)nn8)nc(OCc8cn(CC(=O)OC9CC[C@@]%10(C)C(CC[C@]%11(C)C%10C(=O)C=C%10C%12C[C@@](C)(C(=O)OC)CC[C@]%12(C)CC[C@]%10%11C)C9(C)C)nn8)n7)nn6)C(C)(C)C5CC[C@]43C)C2C1. The Morgan fingerprint density at radius 3 is 0.823 bits per heavy atom. The van der Waals surface area contributed by atoms with Crippen molar-refractivity contribution in [1.29, 1.82) is 0 Å². The molecular weight excluding hydrogens is 1790 g/mol. The van der Waals surface area contributed by atoms with Crippen molar-refractivity contribution in [3.63, 3.8) is 0 Å². The largest absolute Gasteiger partial charge is 0.469 e. The predicted molar refractivity (Wildman–Crippen MR) is 517 cm³/mol. The van der Waals surface area contributed by atoms with Crippen LogP contribution >= 0.6 is 0 Å². The molecule has 30 nitrogen and oxygen atoms in total. The predicted octanol–water partition coefficient (Wildman–Crippen LogP) is 18.6. The number of esters is 6. The molecule has 0 radical (unpaired) electrons. The number of carbonyl (C=O) groups excluding carboxylic acids is 9. The number of ketones is 3. The van der Waals surface area contributed by atoms with E-state index in [0.717, 1.165) is 116 Å². The third kappa shape index (κ3) is 15.5. The quantitative estimate of drug-likeness (QED) is 0.0552. The molecule has 15 aliphatic carbocycles. The number of methoxy groups -OCH3 is 3. The van der Waals surface area contributed by atoms with Gasteiger partial charge in [-0.2, -0.15) is 0 Å². The summed E-state index contributed by atoms with van der Waals surface area (Å²) in [5, 5.41) is 26.0. The molecule has 0 aromatic carbocycles. The van der Waals surface area contributed by atoms with Gasteiger partial charge >= 0.3 is 53.8 Å². The van der Waals surface area contributed by atoms with Gasteiger partial charge in [0.1, 0.15) is 74.8 Å². The molecule has 0 spiro atoms. The van der Waals surface area contributed by atoms with Crippen LogP contribution in [0, 0.1) is 151 Å². The lowest BCUT2D eigenvalue weighted by Crippen LogP contribution is -2.66. The van der Waals surface area contributed by atoms with E-state index in [2.05, 4.69) is 171 Å². The molecule has 4 aromatic rings. The van der Waals surface area contributed by atoms with E-state index in [-0.39, 0.29) is 211 Å². The van der Waals surface area contributed by atoms with Crippen molar-refractivity contribution >= 4 is 53.2 Å². The zero-order chi connectivity index (χ0) is 101. The molecule has 141 heavy (non-hydrogen) atoms. The maximum Gasteiger partial charge on any atom is 0.328 e. The standard InChI is InChI=1S/C111H156N12O18/c1-94(2)76-25-34-109(19)85(73(124)49-67-70-52-100(10,88(130)133-22)40-37-97(70,7)43-46-106(67,109)16)103(76,13)31-28-79(94)139-82(127)58-121-55-64(115-118-121)61-136-91-112-92(137-62-65-56-122(119-116-65)59-83(128)140-80-29-32-104(14)77(95(80,3)4)26-35-110(20)86(104)74(125)50-68-71-53-101(11,89(131)134-23)41-38-98(71,8)44-47-107(68,110)17)114-93(113-91)138-63-66-57-123(120-117-66)60-84(129)141-81-30-33-105(15)78(96(81,5)6)27-36-111(21)87(105)75(126)51-69-72-54-102(12,90(132)135-24)42-39-99(72,9)45-48-108(69,111)18/h49-51,55-57,70-72,76-81,85-87H,25-48,52-54,58-63H2,1-24H3/t70?,71?,72?,76?,77?,78?,79?,80?,81?,85?,86?,87?,97-,98-,99-,100+,101+,102+,103+,104+,105+,106-,107-,108-,109-,110-,111-/m1/s1. The Kier molecular flexibility index (Phi) is 24.2. The van der Waals surface area contributed by atoms with Crippen molar-refractivity contribution in [1.82, 2.24) is 59.9 Å². The Bertz CT molecular complexity index is 5290. The average molecular weight is 1950 g/mol. The minimum absolute atomic E-state index is 0.00710. The van der Waals surface area contributed by atoms with Crippen LogP contribution in [0.4, 0.5) is 0 Å². The molecule has 30 heteroatoms. The highest BCUT2D eigenvalue weighted by Crippen LogP contribution is 2.80. The number of nitrogens with zero attached hydrogens (tertiary/aromatic N) is 12. The molecule has 4 aromatic heterocycles. The highest BCUT2D eigenvalue weighted by molar-refractivity contribution is 5.97. The molecule has 15 aliphatic rings. The average Bonchev–Trinajstić information content (AvgIpc) is 1.35. The first-order valence-corrected chi connectivity index (χ1v) is 52.9. The van der Waals surface area contributed by atoms with E-state index in [1.807, 2.05) is 39.0 Å². The lowest BCUT2D eigenvalue weighted by molar-refractivity contribution is -0.211. The number of carbonyl (C=O) groups is 9. The lowest BCUT2D eigenvalue weighted by Gasteiger charge is -2.70. The zero-order valence-corrected chi connectivity index (χ0v) is 88.4. The summed E-state index contributed by atoms with van der Waals surface area (Å²) >= 11 is 0. The number of ether oxygens (including phenoxy) is 9. The van der Waals surface area contributed by atoms with E-state index < -0.39 is 68.7 Å². The molecule has 768 valence electrons. The fourth-order valence-corrected chi connectivity index (χ4v) is 35.8. The maximum atomic E-state index is 15.3. The first-order valence-electron chi connectivity index (χ1n) is 52.9. The van der Waals surface area contributed by atoms with Crippen LogP contribution in [-0.4, -0.2) is 153 Å². The summed E-state index contributed by atoms with van der Waals surface area (Å²) in [5.74, 6) is -1.56. The summed E-state index contributed by atoms with van der Waals surface area (Å²) in [4.78, 5) is 142. The fourth-order valence-electron chi connectivity index (χ4n) is 35.8. The molecule has 0 saturated heterocycles. The molecule has 0 aliphatic heterocycles. The van der Waals surface area contributed by atoms with Gasteiger partial charge in [-0.05, 0) is 313 Å². The minimum atomic E-state index is -0.614. The molecular formula is C111H156N12O18. The Hall–Kier alpha value is -9.12. The van der Waals surface area contributed by atoms with Crippen LogP contribution < -0.4 is 14.2 Å². The summed E-state index contributed by atoms with van der Waals surface area (Å²) in [6, 6.07) is -0.688. The second kappa shape index (κ2) is 34.0. The third-order valence-corrected chi connectivity index (χ3v) is 44.6. The van der Waals surface area contributed by atoms with Crippen molar-refractivity contribution < 1.29 is 85.8 Å². The number of rotatable bonds is 21. The first-order chi connectivity index (χ1) is 66.0. The third-order valence-electron chi connectivity index (χ3n) is 44.6. The van der Waals surface area contributed by atoms with Crippen molar-refractivity contribution in [2.75, 3.05) is 21.3 Å². The van der Waals surface area contributed by atoms with Gasteiger partial charge in [0.25, 0.3) is 0 Å². The summed E-state index contributed by atoms with van der Waals surface area (Å²) < 4.78 is 58.5. The van der Waals surface area contributed by atoms with E-state index in [4.69, 9.17) is 42.6 Å². The molecule has 0 N–H and O–H groups in total. The zero-order valence-electron chi connectivity index (χ0n) is 88.4. The second-order valence-corrected chi connectivity index (χ2v) is 53.0. The second-order valence-electron chi connectivity index (χ2n) is 53.0. The molecule has 0 amide bonds. The van der Waals surface area contributed by atoms with Crippen LogP contribution in [0.3, 0.4) is 0 Å². The molecule has 4 heterocycles. The van der Waals surface area contributed by atoms with Gasteiger partial charge in [0.15, 0.2) is 17.3 Å². The minimum Gasteiger partial charge on any atom is -0.469 e. The Morgan fingerprint density at radius 1 is 0.326 bits per heavy atom. The fraction of sp³-hybridized carbons (Fsp3) is 0.784. The van der Waals surface area contributed by atoms with Gasteiger partial charge in [-0.3, -0.25) is 43.2 Å². The summed E-state index contributed by atoms with van der Waals surface area (Å²) in [6.45, 7) is 46.3. The number of hydrogen-bond acceptors (Lipinski definition) is 27. The van der Waals surface area contributed by atoms with E-state index in [0.29, 0.717) is 74.9 Å². The Morgan fingerprint density at radius 2 is 0.574 bits per heavy atom. The maximum absolute atomic E-state index is 15.3.